The van der Waals surface area contributed by atoms with Crippen LogP contribution in [-0.4, -0.2) is 82.0 Å². The average molecular weight is 554 g/mol. The molecule has 39 heavy (non-hydrogen) atoms. The number of carbonyl (C=O) groups is 4. The zero-order valence-corrected chi connectivity index (χ0v) is 22.9. The molecule has 2 aliphatic heterocycles. The third-order valence-electron chi connectivity index (χ3n) is 7.08. The van der Waals surface area contributed by atoms with Crippen LogP contribution < -0.4 is 16.8 Å². The predicted octanol–water partition coefficient (Wildman–Crippen LogP) is 1.01. The van der Waals surface area contributed by atoms with Gasteiger partial charge in [-0.05, 0) is 44.6 Å². The van der Waals surface area contributed by atoms with Crippen LogP contribution in [0.25, 0.3) is 0 Å². The molecule has 0 bridgehead atoms. The van der Waals surface area contributed by atoms with E-state index in [1.807, 2.05) is 30.3 Å². The van der Waals surface area contributed by atoms with Crippen molar-refractivity contribution in [3.63, 3.8) is 0 Å². The molecule has 1 aromatic heterocycles. The highest BCUT2D eigenvalue weighted by molar-refractivity contribution is 7.11. The second kappa shape index (κ2) is 12.8. The van der Waals surface area contributed by atoms with Crippen LogP contribution in [0.2, 0.25) is 0 Å². The Morgan fingerprint density at radius 2 is 1.97 bits per heavy atom. The molecule has 3 atom stereocenters. The molecule has 4 rings (SSSR count). The number of rotatable bonds is 11. The summed E-state index contributed by atoms with van der Waals surface area (Å²) in [4.78, 5) is 64.0. The van der Waals surface area contributed by atoms with E-state index < -0.39 is 12.1 Å². The highest BCUT2D eigenvalue weighted by atomic mass is 32.1. The van der Waals surface area contributed by atoms with Crippen LogP contribution in [0.15, 0.2) is 40.7 Å². The number of hydrogen-bond donors (Lipinski definition) is 3. The minimum atomic E-state index is -0.813. The standard InChI is InChI=1S/C27H35N7O4S/c1-17-16-39-26(31-17)24(37)20(8-5-13-30-27(28)29)32-25(38)21-11-10-19-14-33(15-23(36)34(19)21)22(35)12-9-18-6-3-2-4-7-18/h2-4,6-7,16,19-21H,5,8-15H2,1H3,(H,32,38)(H4,28,29,30)/t19-,20?,21-/m0/s1. The van der Waals surface area contributed by atoms with Gasteiger partial charge in [0.25, 0.3) is 0 Å². The number of thiazole rings is 1. The molecule has 3 heterocycles. The van der Waals surface area contributed by atoms with Crippen LogP contribution in [0.3, 0.4) is 0 Å². The first kappa shape index (κ1) is 28.2. The Kier molecular flexibility index (Phi) is 9.28. The summed E-state index contributed by atoms with van der Waals surface area (Å²) in [5.74, 6) is -0.997. The summed E-state index contributed by atoms with van der Waals surface area (Å²) in [5.41, 5.74) is 12.6. The smallest absolute Gasteiger partial charge is 0.243 e. The highest BCUT2D eigenvalue weighted by Gasteiger charge is 2.46. The molecule has 0 radical (unpaired) electrons. The van der Waals surface area contributed by atoms with Crippen molar-refractivity contribution in [3.8, 4) is 0 Å². The molecule has 1 unspecified atom stereocenters. The Morgan fingerprint density at radius 1 is 1.21 bits per heavy atom. The Balaban J connectivity index is 1.37. The average Bonchev–Trinajstić information content (AvgIpc) is 3.55. The lowest BCUT2D eigenvalue weighted by Gasteiger charge is -2.39. The van der Waals surface area contributed by atoms with Gasteiger partial charge in [0.05, 0.1) is 18.6 Å². The first-order chi connectivity index (χ1) is 18.7. The lowest BCUT2D eigenvalue weighted by atomic mass is 10.1. The molecule has 2 fully saturated rings. The number of hydrogen-bond acceptors (Lipinski definition) is 7. The van der Waals surface area contributed by atoms with Gasteiger partial charge >= 0.3 is 0 Å². The minimum Gasteiger partial charge on any atom is -0.370 e. The van der Waals surface area contributed by atoms with Gasteiger partial charge in [-0.15, -0.1) is 11.3 Å². The summed E-state index contributed by atoms with van der Waals surface area (Å²) >= 11 is 1.23. The van der Waals surface area contributed by atoms with E-state index in [2.05, 4.69) is 15.3 Å². The predicted molar refractivity (Wildman–Crippen MR) is 148 cm³/mol. The van der Waals surface area contributed by atoms with Gasteiger partial charge in [0.1, 0.15) is 6.04 Å². The van der Waals surface area contributed by atoms with Gasteiger partial charge in [-0.25, -0.2) is 4.98 Å². The first-order valence-electron chi connectivity index (χ1n) is 13.2. The molecule has 2 aliphatic rings. The van der Waals surface area contributed by atoms with Crippen LogP contribution in [0.5, 0.6) is 0 Å². The number of nitrogens with two attached hydrogens (primary N) is 2. The number of amides is 3. The molecule has 3 amide bonds. The van der Waals surface area contributed by atoms with Gasteiger partial charge < -0.3 is 26.6 Å². The van der Waals surface area contributed by atoms with Crippen LogP contribution >= 0.6 is 11.3 Å². The number of guanidine groups is 1. The highest BCUT2D eigenvalue weighted by Crippen LogP contribution is 2.29. The van der Waals surface area contributed by atoms with E-state index in [0.29, 0.717) is 56.6 Å². The Morgan fingerprint density at radius 3 is 2.67 bits per heavy atom. The number of aliphatic imine (C=N–C) groups is 1. The van der Waals surface area contributed by atoms with Gasteiger partial charge in [0.2, 0.25) is 23.5 Å². The fourth-order valence-electron chi connectivity index (χ4n) is 5.16. The maximum Gasteiger partial charge on any atom is 0.243 e. The van der Waals surface area contributed by atoms with Gasteiger partial charge in [-0.3, -0.25) is 24.2 Å². The number of nitrogens with zero attached hydrogens (tertiary/aromatic N) is 4. The summed E-state index contributed by atoms with van der Waals surface area (Å²) in [7, 11) is 0. The molecule has 11 nitrogen and oxygen atoms in total. The largest absolute Gasteiger partial charge is 0.370 e. The quantitative estimate of drug-likeness (QED) is 0.162. The number of carbonyl (C=O) groups excluding carboxylic acids is 4. The first-order valence-corrected chi connectivity index (χ1v) is 14.1. The molecule has 0 saturated carbocycles. The van der Waals surface area contributed by atoms with E-state index in [1.54, 1.807) is 22.1 Å². The number of piperazine rings is 1. The van der Waals surface area contributed by atoms with Crippen LogP contribution in [0.1, 0.15) is 53.2 Å². The van der Waals surface area contributed by atoms with E-state index in [-0.39, 0.29) is 42.1 Å². The van der Waals surface area contributed by atoms with E-state index >= 15 is 0 Å². The normalized spacial score (nSPS) is 19.4. The number of benzene rings is 1. The molecule has 0 spiro atoms. The van der Waals surface area contributed by atoms with Crippen molar-refractivity contribution >= 4 is 40.8 Å². The fraction of sp³-hybridized carbons (Fsp3) is 0.481. The number of aryl methyl sites for hydroxylation is 2. The van der Waals surface area contributed by atoms with E-state index in [0.717, 1.165) is 11.3 Å². The number of aromatic nitrogens is 1. The molecular formula is C27H35N7O4S. The Hall–Kier alpha value is -3.80. The number of Topliss-reactive ketones (excluding diaryl/α,β-unsaturated/α-hetero) is 1. The minimum absolute atomic E-state index is 0.0364. The second-order valence-electron chi connectivity index (χ2n) is 9.98. The molecule has 2 aromatic rings. The Labute approximate surface area is 231 Å². The maximum absolute atomic E-state index is 13.4. The third-order valence-corrected chi connectivity index (χ3v) is 8.06. The van der Waals surface area contributed by atoms with Crippen molar-refractivity contribution in [2.45, 2.75) is 63.6 Å². The van der Waals surface area contributed by atoms with Crippen molar-refractivity contribution in [1.82, 2.24) is 20.1 Å². The zero-order valence-electron chi connectivity index (χ0n) is 22.0. The second-order valence-corrected chi connectivity index (χ2v) is 10.8. The summed E-state index contributed by atoms with van der Waals surface area (Å²) in [5, 5.41) is 4.98. The zero-order chi connectivity index (χ0) is 27.9. The number of ketones is 1. The molecule has 0 aliphatic carbocycles. The topological polar surface area (TPSA) is 164 Å². The fourth-order valence-corrected chi connectivity index (χ4v) is 5.95. The Bertz CT molecular complexity index is 1230. The summed E-state index contributed by atoms with van der Waals surface area (Å²) in [6.07, 6.45) is 2.83. The van der Waals surface area contributed by atoms with Crippen LogP contribution in [0, 0.1) is 6.92 Å². The van der Waals surface area contributed by atoms with E-state index in [4.69, 9.17) is 11.5 Å². The molecule has 12 heteroatoms. The van der Waals surface area contributed by atoms with Gasteiger partial charge in [-0.1, -0.05) is 30.3 Å². The number of nitrogens with one attached hydrogen (secondary N) is 1. The summed E-state index contributed by atoms with van der Waals surface area (Å²) in [6.45, 7) is 2.48. The van der Waals surface area contributed by atoms with Crippen molar-refractivity contribution in [3.05, 3.63) is 52.0 Å². The van der Waals surface area contributed by atoms with Crippen molar-refractivity contribution in [1.29, 1.82) is 0 Å². The molecule has 208 valence electrons. The van der Waals surface area contributed by atoms with Crippen molar-refractivity contribution in [2.75, 3.05) is 19.6 Å². The van der Waals surface area contributed by atoms with Gasteiger partial charge in [0, 0.05) is 30.6 Å². The SMILES string of the molecule is Cc1csc(C(=O)C(CCCN=C(N)N)NC(=O)[C@@H]2CC[C@H]3CN(C(=O)CCc4ccccc4)CC(=O)N32)n1. The van der Waals surface area contributed by atoms with Crippen LogP contribution in [-0.2, 0) is 20.8 Å². The van der Waals surface area contributed by atoms with Crippen molar-refractivity contribution < 1.29 is 19.2 Å². The van der Waals surface area contributed by atoms with E-state index in [9.17, 15) is 19.2 Å². The third kappa shape index (κ3) is 7.20. The van der Waals surface area contributed by atoms with Crippen LogP contribution in [0.4, 0.5) is 0 Å². The van der Waals surface area contributed by atoms with E-state index in [1.165, 1.54) is 11.3 Å². The summed E-state index contributed by atoms with van der Waals surface area (Å²) < 4.78 is 0. The lowest BCUT2D eigenvalue weighted by molar-refractivity contribution is -0.151. The van der Waals surface area contributed by atoms with Gasteiger partial charge in [0.15, 0.2) is 11.0 Å². The van der Waals surface area contributed by atoms with Gasteiger partial charge in [-0.2, -0.15) is 0 Å². The lowest BCUT2D eigenvalue weighted by Crippen LogP contribution is -2.60. The maximum atomic E-state index is 13.4. The molecule has 1 aromatic carbocycles. The summed E-state index contributed by atoms with van der Waals surface area (Å²) in [6, 6.07) is 8.04. The number of fused-ring (bicyclic) bond motifs is 1. The van der Waals surface area contributed by atoms with Crippen molar-refractivity contribution in [2.24, 2.45) is 16.5 Å². The molecular weight excluding hydrogens is 518 g/mol. The molecule has 2 saturated heterocycles. The molecule has 5 N–H and O–H groups in total. The monoisotopic (exact) mass is 553 g/mol.